The Hall–Kier alpha value is 0.222. The normalized spacial score (nSPS) is 10.7. The largest absolute Gasteiger partial charge is 2.00 e. The molecule has 0 atom stereocenters. The number of carboxylic acids is 2. The predicted octanol–water partition coefficient (Wildman–Crippen LogP) is 4.49. The van der Waals surface area contributed by atoms with E-state index in [1.54, 1.807) is 0 Å². The van der Waals surface area contributed by atoms with Gasteiger partial charge in [0.2, 0.25) is 0 Å². The molecule has 0 bridgehead atoms. The molecule has 0 aromatic rings. The second-order valence-corrected chi connectivity index (χ2v) is 10.5. The molecule has 0 rings (SSSR count). The summed E-state index contributed by atoms with van der Waals surface area (Å²) < 4.78 is 33.0. The van der Waals surface area contributed by atoms with Crippen LogP contribution in [-0.4, -0.2) is 48.6 Å². The molecule has 0 aliphatic rings. The van der Waals surface area contributed by atoms with Gasteiger partial charge in [-0.15, -0.1) is 0 Å². The summed E-state index contributed by atoms with van der Waals surface area (Å²) in [5.74, 6) is -2.17. The van der Waals surface area contributed by atoms with Crippen molar-refractivity contribution in [2.24, 2.45) is 0 Å². The van der Waals surface area contributed by atoms with Crippen LogP contribution < -0.4 is 10.2 Å². The van der Waals surface area contributed by atoms with Crippen molar-refractivity contribution < 1.29 is 67.4 Å². The molecule has 0 heterocycles. The van der Waals surface area contributed by atoms with Gasteiger partial charge in [-0.05, 0) is 96.9 Å². The first-order valence-electron chi connectivity index (χ1n) is 11.3. The minimum Gasteiger partial charge on any atom is -0.550 e. The van der Waals surface area contributed by atoms with Crippen molar-refractivity contribution in [3.8, 4) is 0 Å². The van der Waals surface area contributed by atoms with Crippen LogP contribution in [0, 0.1) is 0 Å². The Kier molecular flexibility index (Phi) is 37.1. The Balaban J connectivity index is -0.000000128. The van der Waals surface area contributed by atoms with Crippen molar-refractivity contribution >= 4 is 29.1 Å². The van der Waals surface area contributed by atoms with Crippen molar-refractivity contribution in [2.75, 3.05) is 0 Å². The minimum atomic E-state index is -1.18. The number of hydrogen-bond acceptors (Lipinski definition) is 10. The van der Waals surface area contributed by atoms with Crippen LogP contribution >= 0.6 is 17.2 Å². The van der Waals surface area contributed by atoms with E-state index in [-0.39, 0.29) is 57.0 Å². The molecule has 0 saturated carbocycles. The summed E-state index contributed by atoms with van der Waals surface area (Å²) in [6.45, 7) is 25.6. The molecule has 0 aromatic carbocycles. The number of carboxylic acid groups (broad SMARTS) is 2. The number of carbonyl (C=O) groups is 2. The van der Waals surface area contributed by atoms with Gasteiger partial charge < -0.3 is 46.9 Å². The van der Waals surface area contributed by atoms with Gasteiger partial charge in [0, 0.05) is 11.9 Å². The molecule has 0 unspecified atom stereocenters. The topological polar surface area (TPSA) is 136 Å². The Morgan fingerprint density at radius 1 is 0.457 bits per heavy atom. The fourth-order valence-electron chi connectivity index (χ4n) is 1.18. The van der Waals surface area contributed by atoms with Gasteiger partial charge >= 0.3 is 37.6 Å². The molecule has 13 heteroatoms. The number of aliphatic carboxylic acids is 2. The quantitative estimate of drug-likeness (QED) is 0.222. The van der Waals surface area contributed by atoms with Gasteiger partial charge in [-0.2, -0.15) is 0 Å². The Labute approximate surface area is 229 Å². The number of rotatable bonds is 12. The van der Waals surface area contributed by atoms with E-state index in [0.717, 1.165) is 13.8 Å². The van der Waals surface area contributed by atoms with Crippen molar-refractivity contribution in [1.29, 1.82) is 0 Å². The molecule has 0 spiro atoms. The second-order valence-electron chi connectivity index (χ2n) is 8.36. The van der Waals surface area contributed by atoms with E-state index >= 15 is 0 Å². The zero-order chi connectivity index (χ0) is 28.0. The molecule has 216 valence electrons. The van der Waals surface area contributed by atoms with Crippen LogP contribution in [-0.2, 0) is 57.2 Å². The van der Waals surface area contributed by atoms with Crippen LogP contribution in [0.1, 0.15) is 96.9 Å². The van der Waals surface area contributed by atoms with Gasteiger partial charge in [0.15, 0.2) is 0 Å². The van der Waals surface area contributed by atoms with E-state index in [4.69, 9.17) is 46.9 Å². The third-order valence-corrected chi connectivity index (χ3v) is 5.34. The molecule has 0 aliphatic carbocycles. The zero-order valence-electron chi connectivity index (χ0n) is 23.8. The molecule has 0 fully saturated rings. The van der Waals surface area contributed by atoms with E-state index in [2.05, 4.69) is 0 Å². The number of carbonyl (C=O) groups excluding carboxylic acids is 2. The van der Waals surface area contributed by atoms with Gasteiger partial charge in [0.25, 0.3) is 0 Å². The fourth-order valence-corrected chi connectivity index (χ4v) is 3.55. The summed E-state index contributed by atoms with van der Waals surface area (Å²) in [6.07, 6.45) is 0.853. The SMILES string of the molecule is CC(=O)[O-].CC(=O)[O-].CC(C)OP(OC(C)C)OC(C)C.CC(C)OP(OC(C)C)OC(C)C.[Pd+2]. The zero-order valence-corrected chi connectivity index (χ0v) is 27.1. The third kappa shape index (κ3) is 60.6. The predicted molar refractivity (Wildman–Crippen MR) is 133 cm³/mol. The summed E-state index contributed by atoms with van der Waals surface area (Å²) in [5, 5.41) is 17.8. The van der Waals surface area contributed by atoms with Gasteiger partial charge in [-0.25, -0.2) is 0 Å². The summed E-state index contributed by atoms with van der Waals surface area (Å²) in [4.78, 5) is 17.8. The van der Waals surface area contributed by atoms with E-state index < -0.39 is 29.1 Å². The molecule has 35 heavy (non-hydrogen) atoms. The van der Waals surface area contributed by atoms with E-state index in [1.807, 2.05) is 83.1 Å². The van der Waals surface area contributed by atoms with Crippen molar-refractivity contribution in [3.63, 3.8) is 0 Å². The van der Waals surface area contributed by atoms with Gasteiger partial charge in [-0.1, -0.05) is 0 Å². The van der Waals surface area contributed by atoms with E-state index in [9.17, 15) is 0 Å². The standard InChI is InChI=1S/2C9H21O3P.2C2H4O2.Pd/c2*1-7(2)10-13(11-8(3)4)12-9(5)6;2*1-2(3)4;/h2*7-9H,1-6H3;2*1H3,(H,3,4);/q;;;;+2/p-2. The molecule has 10 nitrogen and oxygen atoms in total. The summed E-state index contributed by atoms with van der Waals surface area (Å²) in [6, 6.07) is 0. The van der Waals surface area contributed by atoms with Crippen molar-refractivity contribution in [1.82, 2.24) is 0 Å². The van der Waals surface area contributed by atoms with Crippen molar-refractivity contribution in [2.45, 2.75) is 134 Å². The van der Waals surface area contributed by atoms with Crippen LogP contribution in [0.2, 0.25) is 0 Å². The monoisotopic (exact) mass is 640 g/mol. The fraction of sp³-hybridized carbons (Fsp3) is 0.909. The van der Waals surface area contributed by atoms with Crippen LogP contribution in [0.5, 0.6) is 0 Å². The van der Waals surface area contributed by atoms with Crippen LogP contribution in [0.15, 0.2) is 0 Å². The first-order valence-corrected chi connectivity index (χ1v) is 13.4. The first-order chi connectivity index (χ1) is 15.3. The molecule has 0 N–H and O–H groups in total. The maximum absolute atomic E-state index is 8.89. The minimum absolute atomic E-state index is 0. The Morgan fingerprint density at radius 2 is 0.543 bits per heavy atom. The van der Waals surface area contributed by atoms with Gasteiger partial charge in [0.05, 0.1) is 36.6 Å². The Morgan fingerprint density at radius 3 is 0.600 bits per heavy atom. The summed E-state index contributed by atoms with van der Waals surface area (Å²) in [5.41, 5.74) is 0. The molecule has 0 saturated heterocycles. The molecular weight excluding hydrogens is 593 g/mol. The van der Waals surface area contributed by atoms with Crippen molar-refractivity contribution in [3.05, 3.63) is 0 Å². The third-order valence-electron chi connectivity index (χ3n) is 1.78. The second kappa shape index (κ2) is 28.8. The van der Waals surface area contributed by atoms with Gasteiger partial charge in [0.1, 0.15) is 0 Å². The van der Waals surface area contributed by atoms with Crippen LogP contribution in [0.3, 0.4) is 0 Å². The maximum Gasteiger partial charge on any atom is 2.00 e. The van der Waals surface area contributed by atoms with Crippen LogP contribution in [0.4, 0.5) is 0 Å². The van der Waals surface area contributed by atoms with E-state index in [1.165, 1.54) is 0 Å². The maximum atomic E-state index is 8.89. The molecule has 0 aliphatic heterocycles. The first kappa shape index (κ1) is 45.2. The van der Waals surface area contributed by atoms with Crippen LogP contribution in [0.25, 0.3) is 0 Å². The number of hydrogen-bond donors (Lipinski definition) is 0. The summed E-state index contributed by atoms with van der Waals surface area (Å²) in [7, 11) is -2.36. The van der Waals surface area contributed by atoms with E-state index in [0.29, 0.717) is 0 Å². The smallest absolute Gasteiger partial charge is 0.550 e. The molecule has 0 radical (unpaired) electrons. The Bertz CT molecular complexity index is 382. The summed E-state index contributed by atoms with van der Waals surface area (Å²) >= 11 is 0. The average molecular weight is 641 g/mol. The van der Waals surface area contributed by atoms with Gasteiger partial charge in [-0.3, -0.25) is 0 Å². The molecule has 0 aromatic heterocycles. The average Bonchev–Trinajstić information content (AvgIpc) is 2.49. The molecule has 0 amide bonds. The molecular formula is C22H48O10P2Pd.